The summed E-state index contributed by atoms with van der Waals surface area (Å²) in [6.07, 6.45) is -9.35. The molecule has 144 valence electrons. The van der Waals surface area contributed by atoms with E-state index in [-0.39, 0.29) is 11.1 Å². The number of ketones is 2. The van der Waals surface area contributed by atoms with Gasteiger partial charge in [0.2, 0.25) is 0 Å². The first-order valence-electron chi connectivity index (χ1n) is 7.68. The number of halogens is 6. The number of hydrogen-bond donors (Lipinski definition) is 0. The van der Waals surface area contributed by atoms with Crippen molar-refractivity contribution in [3.8, 4) is 0 Å². The van der Waals surface area contributed by atoms with Gasteiger partial charge in [0.05, 0.1) is 16.5 Å². The van der Waals surface area contributed by atoms with Crippen LogP contribution in [0.15, 0.2) is 48.5 Å². The monoisotopic (exact) mass is 388 g/mol. The Labute approximate surface area is 150 Å². The molecule has 0 unspecified atom stereocenters. The average molecular weight is 388 g/mol. The number of benzene rings is 2. The molecular weight excluding hydrogens is 374 g/mol. The molecule has 0 bridgehead atoms. The van der Waals surface area contributed by atoms with Gasteiger partial charge in [-0.25, -0.2) is 0 Å². The largest absolute Gasteiger partial charge is 0.416 e. The maximum Gasteiger partial charge on any atom is 0.416 e. The summed E-state index contributed by atoms with van der Waals surface area (Å²) in [5, 5.41) is 0. The lowest BCUT2D eigenvalue weighted by molar-refractivity contribution is -0.138. The fourth-order valence-electron chi connectivity index (χ4n) is 2.50. The molecule has 0 aliphatic carbocycles. The summed E-state index contributed by atoms with van der Waals surface area (Å²) >= 11 is 0. The van der Waals surface area contributed by atoms with Crippen molar-refractivity contribution < 1.29 is 35.9 Å². The highest BCUT2D eigenvalue weighted by Gasteiger charge is 2.39. The lowest BCUT2D eigenvalue weighted by Gasteiger charge is -2.22. The van der Waals surface area contributed by atoms with Gasteiger partial charge in [-0.3, -0.25) is 9.59 Å². The predicted molar refractivity (Wildman–Crippen MR) is 85.3 cm³/mol. The normalized spacial score (nSPS) is 12.7. The molecule has 0 radical (unpaired) electrons. The topological polar surface area (TPSA) is 34.1 Å². The molecule has 0 heterocycles. The molecule has 0 aromatic heterocycles. The second kappa shape index (κ2) is 6.83. The quantitative estimate of drug-likeness (QED) is 0.376. The van der Waals surface area contributed by atoms with Gasteiger partial charge in [-0.2, -0.15) is 26.3 Å². The number of rotatable bonds is 4. The Hall–Kier alpha value is -2.64. The van der Waals surface area contributed by atoms with E-state index in [1.54, 1.807) is 0 Å². The standard InChI is InChI=1S/C19H14F6O2/c1-17(2,15(26)11-5-3-7-13(9-11)18(20,21)22)16(27)12-6-4-8-14(10-12)19(23,24)25/h3-10H,1-2H3. The molecule has 0 saturated heterocycles. The third kappa shape index (κ3) is 4.37. The summed E-state index contributed by atoms with van der Waals surface area (Å²) in [6, 6.07) is 7.09. The summed E-state index contributed by atoms with van der Waals surface area (Å²) in [5.41, 5.74) is -4.68. The molecule has 2 rings (SSSR count). The Morgan fingerprint density at radius 1 is 0.667 bits per heavy atom. The van der Waals surface area contributed by atoms with Crippen LogP contribution >= 0.6 is 0 Å². The molecule has 2 aromatic carbocycles. The molecule has 0 amide bonds. The first-order valence-corrected chi connectivity index (χ1v) is 7.68. The van der Waals surface area contributed by atoms with E-state index < -0.39 is 40.5 Å². The number of Topliss-reactive ketones (excluding diaryl/α,β-unsaturated/α-hetero) is 2. The molecule has 27 heavy (non-hydrogen) atoms. The maximum atomic E-state index is 12.8. The minimum absolute atomic E-state index is 0.352. The third-order valence-corrected chi connectivity index (χ3v) is 4.04. The van der Waals surface area contributed by atoms with Crippen LogP contribution in [-0.4, -0.2) is 11.6 Å². The summed E-state index contributed by atoms with van der Waals surface area (Å²) in [7, 11) is 0. The number of hydrogen-bond acceptors (Lipinski definition) is 2. The van der Waals surface area contributed by atoms with Gasteiger partial charge in [0.25, 0.3) is 0 Å². The summed E-state index contributed by atoms with van der Waals surface area (Å²) < 4.78 is 76.9. The van der Waals surface area contributed by atoms with Crippen LogP contribution in [0.25, 0.3) is 0 Å². The van der Waals surface area contributed by atoms with Gasteiger partial charge < -0.3 is 0 Å². The molecule has 0 atom stereocenters. The van der Waals surface area contributed by atoms with Crippen LogP contribution in [0.2, 0.25) is 0 Å². The second-order valence-corrected chi connectivity index (χ2v) is 6.44. The van der Waals surface area contributed by atoms with Gasteiger partial charge in [0.15, 0.2) is 11.6 Å². The van der Waals surface area contributed by atoms with Crippen LogP contribution < -0.4 is 0 Å². The highest BCUT2D eigenvalue weighted by Crippen LogP contribution is 2.34. The Morgan fingerprint density at radius 2 is 1.00 bits per heavy atom. The molecule has 8 heteroatoms. The zero-order valence-electron chi connectivity index (χ0n) is 14.2. The van der Waals surface area contributed by atoms with Crippen molar-refractivity contribution in [3.63, 3.8) is 0 Å². The van der Waals surface area contributed by atoms with Crippen molar-refractivity contribution in [2.75, 3.05) is 0 Å². The van der Waals surface area contributed by atoms with Gasteiger partial charge in [0, 0.05) is 11.1 Å². The van der Waals surface area contributed by atoms with Gasteiger partial charge >= 0.3 is 12.4 Å². The summed E-state index contributed by atoms with van der Waals surface area (Å²) in [6.45, 7) is 2.33. The summed E-state index contributed by atoms with van der Waals surface area (Å²) in [5.74, 6) is -1.84. The number of carbonyl (C=O) groups excluding carboxylic acids is 2. The van der Waals surface area contributed by atoms with Gasteiger partial charge in [-0.15, -0.1) is 0 Å². The van der Waals surface area contributed by atoms with E-state index in [0.29, 0.717) is 12.1 Å². The molecule has 0 saturated carbocycles. The Balaban J connectivity index is 2.41. The molecule has 0 fully saturated rings. The minimum Gasteiger partial charge on any atom is -0.293 e. The van der Waals surface area contributed by atoms with E-state index in [0.717, 1.165) is 50.2 Å². The van der Waals surface area contributed by atoms with E-state index in [1.165, 1.54) is 0 Å². The lowest BCUT2D eigenvalue weighted by Crippen LogP contribution is -2.34. The van der Waals surface area contributed by atoms with Crippen LogP contribution in [0, 0.1) is 5.41 Å². The Kier molecular flexibility index (Phi) is 5.23. The van der Waals surface area contributed by atoms with Crippen molar-refractivity contribution in [2.24, 2.45) is 5.41 Å². The van der Waals surface area contributed by atoms with E-state index >= 15 is 0 Å². The zero-order chi connectivity index (χ0) is 20.6. The zero-order valence-corrected chi connectivity index (χ0v) is 14.2. The molecule has 2 aromatic rings. The first-order chi connectivity index (χ1) is 12.2. The van der Waals surface area contributed by atoms with Gasteiger partial charge in [-0.1, -0.05) is 24.3 Å². The molecule has 0 aliphatic heterocycles. The third-order valence-electron chi connectivity index (χ3n) is 4.04. The molecular formula is C19H14F6O2. The van der Waals surface area contributed by atoms with Crippen molar-refractivity contribution >= 4 is 11.6 Å². The van der Waals surface area contributed by atoms with Gasteiger partial charge in [0.1, 0.15) is 0 Å². The van der Waals surface area contributed by atoms with Crippen molar-refractivity contribution in [2.45, 2.75) is 26.2 Å². The number of alkyl halides is 6. The Bertz CT molecular complexity index is 807. The van der Waals surface area contributed by atoms with Crippen LogP contribution in [0.3, 0.4) is 0 Å². The lowest BCUT2D eigenvalue weighted by atomic mass is 9.77. The van der Waals surface area contributed by atoms with E-state index in [9.17, 15) is 35.9 Å². The van der Waals surface area contributed by atoms with E-state index in [2.05, 4.69) is 0 Å². The van der Waals surface area contributed by atoms with E-state index in [4.69, 9.17) is 0 Å². The van der Waals surface area contributed by atoms with Crippen molar-refractivity contribution in [1.82, 2.24) is 0 Å². The van der Waals surface area contributed by atoms with Crippen LogP contribution in [0.1, 0.15) is 45.7 Å². The van der Waals surface area contributed by atoms with Crippen molar-refractivity contribution in [3.05, 3.63) is 70.8 Å². The van der Waals surface area contributed by atoms with Crippen LogP contribution in [0.5, 0.6) is 0 Å². The molecule has 0 spiro atoms. The maximum absolute atomic E-state index is 12.8. The van der Waals surface area contributed by atoms with Crippen molar-refractivity contribution in [1.29, 1.82) is 0 Å². The highest BCUT2D eigenvalue weighted by atomic mass is 19.4. The minimum atomic E-state index is -4.68. The smallest absolute Gasteiger partial charge is 0.293 e. The Morgan fingerprint density at radius 3 is 1.30 bits per heavy atom. The second-order valence-electron chi connectivity index (χ2n) is 6.44. The molecule has 0 aliphatic rings. The number of carbonyl (C=O) groups is 2. The highest BCUT2D eigenvalue weighted by molar-refractivity contribution is 6.19. The van der Waals surface area contributed by atoms with Gasteiger partial charge in [-0.05, 0) is 38.1 Å². The fourth-order valence-corrected chi connectivity index (χ4v) is 2.50. The molecule has 0 N–H and O–H groups in total. The average Bonchev–Trinajstić information content (AvgIpc) is 2.59. The molecule has 2 nitrogen and oxygen atoms in total. The predicted octanol–water partition coefficient (Wildman–Crippen LogP) is 5.82. The SMILES string of the molecule is CC(C)(C(=O)c1cccc(C(F)(F)F)c1)C(=O)c1cccc(C(F)(F)F)c1. The van der Waals surface area contributed by atoms with Crippen LogP contribution in [-0.2, 0) is 12.4 Å². The first kappa shape index (κ1) is 20.7. The van der Waals surface area contributed by atoms with E-state index in [1.807, 2.05) is 0 Å². The fraction of sp³-hybridized carbons (Fsp3) is 0.263. The van der Waals surface area contributed by atoms with Crippen LogP contribution in [0.4, 0.5) is 26.3 Å². The summed E-state index contributed by atoms with van der Waals surface area (Å²) in [4.78, 5) is 25.3.